The topological polar surface area (TPSA) is 75.8 Å². The smallest absolute Gasteiger partial charge is 0.320 e. The first-order valence-corrected chi connectivity index (χ1v) is 11.9. The van der Waals surface area contributed by atoms with Gasteiger partial charge in [0, 0.05) is 12.1 Å². The second-order valence-electron chi connectivity index (χ2n) is 8.86. The number of ether oxygens (including phenoxy) is 1. The molecule has 6 nitrogen and oxygen atoms in total. The zero-order chi connectivity index (χ0) is 24.2. The first-order valence-electron chi connectivity index (χ1n) is 11.9. The van der Waals surface area contributed by atoms with Crippen LogP contribution in [0, 0.1) is 6.92 Å². The summed E-state index contributed by atoms with van der Waals surface area (Å²) in [6, 6.07) is 25.9. The van der Waals surface area contributed by atoms with Crippen LogP contribution < -0.4 is 4.74 Å². The number of hydrogen-bond donors (Lipinski definition) is 1. The minimum Gasteiger partial charge on any atom is -0.487 e. The lowest BCUT2D eigenvalue weighted by atomic mass is 10.0. The lowest BCUT2D eigenvalue weighted by molar-refractivity contribution is -0.142. The van der Waals surface area contributed by atoms with E-state index in [9.17, 15) is 9.90 Å². The van der Waals surface area contributed by atoms with Crippen molar-refractivity contribution in [1.29, 1.82) is 0 Å². The van der Waals surface area contributed by atoms with Gasteiger partial charge in [-0.15, -0.1) is 0 Å². The molecule has 5 rings (SSSR count). The Morgan fingerprint density at radius 2 is 1.69 bits per heavy atom. The average Bonchev–Trinajstić information content (AvgIpc) is 3.51. The van der Waals surface area contributed by atoms with E-state index in [4.69, 9.17) is 9.15 Å². The van der Waals surface area contributed by atoms with Gasteiger partial charge in [-0.25, -0.2) is 4.98 Å². The first kappa shape index (κ1) is 22.9. The number of carbonyl (C=O) groups is 1. The third-order valence-electron chi connectivity index (χ3n) is 6.46. The fourth-order valence-corrected chi connectivity index (χ4v) is 4.49. The minimum absolute atomic E-state index is 0.310. The van der Waals surface area contributed by atoms with E-state index in [1.165, 1.54) is 5.56 Å². The Kier molecular flexibility index (Phi) is 6.64. The molecule has 0 aliphatic carbocycles. The molecule has 35 heavy (non-hydrogen) atoms. The number of carboxylic acids is 1. The van der Waals surface area contributed by atoms with Crippen LogP contribution in [0.15, 0.2) is 83.3 Å². The van der Waals surface area contributed by atoms with Crippen LogP contribution in [0.2, 0.25) is 0 Å². The van der Waals surface area contributed by atoms with Crippen LogP contribution in [0.5, 0.6) is 5.75 Å². The van der Waals surface area contributed by atoms with Crippen LogP contribution in [0.3, 0.4) is 0 Å². The van der Waals surface area contributed by atoms with E-state index in [0.717, 1.165) is 46.9 Å². The van der Waals surface area contributed by atoms with Gasteiger partial charge in [-0.1, -0.05) is 54.6 Å². The number of aryl methyl sites for hydroxylation is 1. The van der Waals surface area contributed by atoms with Crippen molar-refractivity contribution in [3.05, 3.63) is 95.9 Å². The zero-order valence-electron chi connectivity index (χ0n) is 19.7. The number of aromatic nitrogens is 1. The standard InChI is InChI=1S/C29H28N2O4/c1-20-26(30-28(35-20)24-13-11-23(12-14-24)22-6-3-2-4-7-22)19-34-25-15-9-21(10-16-25)18-31-17-5-8-27(31)29(32)33/h2-4,6-7,9-16,27H,5,8,17-19H2,1H3,(H,32,33)/t27-/m1/s1. The van der Waals surface area contributed by atoms with Crippen LogP contribution in [0.25, 0.3) is 22.6 Å². The maximum absolute atomic E-state index is 11.4. The highest BCUT2D eigenvalue weighted by Crippen LogP contribution is 2.27. The number of benzene rings is 3. The molecule has 1 aliphatic rings. The molecular formula is C29H28N2O4. The molecule has 6 heteroatoms. The Bertz CT molecular complexity index is 1280. The van der Waals surface area contributed by atoms with Crippen molar-refractivity contribution in [2.75, 3.05) is 6.54 Å². The largest absolute Gasteiger partial charge is 0.487 e. The normalized spacial score (nSPS) is 15.9. The summed E-state index contributed by atoms with van der Waals surface area (Å²) < 4.78 is 11.9. The van der Waals surface area contributed by atoms with E-state index >= 15 is 0 Å². The molecule has 0 radical (unpaired) electrons. The second kappa shape index (κ2) is 10.2. The van der Waals surface area contributed by atoms with Crippen LogP contribution >= 0.6 is 0 Å². The molecule has 1 N–H and O–H groups in total. The van der Waals surface area contributed by atoms with Gasteiger partial charge in [-0.3, -0.25) is 9.69 Å². The van der Waals surface area contributed by atoms with E-state index in [1.807, 2.05) is 66.4 Å². The molecule has 2 heterocycles. The van der Waals surface area contributed by atoms with Crippen LogP contribution in [0.4, 0.5) is 0 Å². The van der Waals surface area contributed by atoms with Crippen molar-refractivity contribution in [2.24, 2.45) is 0 Å². The Balaban J connectivity index is 1.20. The number of oxazole rings is 1. The number of rotatable bonds is 8. The summed E-state index contributed by atoms with van der Waals surface area (Å²) >= 11 is 0. The molecule has 1 saturated heterocycles. The predicted octanol–water partition coefficient (Wildman–Crippen LogP) is 5.95. The van der Waals surface area contributed by atoms with Gasteiger partial charge in [0.2, 0.25) is 5.89 Å². The quantitative estimate of drug-likeness (QED) is 0.345. The molecule has 0 unspecified atom stereocenters. The van der Waals surface area contributed by atoms with E-state index in [0.29, 0.717) is 25.5 Å². The number of nitrogens with zero attached hydrogens (tertiary/aromatic N) is 2. The summed E-state index contributed by atoms with van der Waals surface area (Å²) in [6.07, 6.45) is 1.64. The van der Waals surface area contributed by atoms with Gasteiger partial charge >= 0.3 is 5.97 Å². The van der Waals surface area contributed by atoms with Crippen LogP contribution in [0.1, 0.15) is 29.9 Å². The van der Waals surface area contributed by atoms with E-state index in [2.05, 4.69) is 29.2 Å². The van der Waals surface area contributed by atoms with Gasteiger partial charge in [0.1, 0.15) is 29.9 Å². The van der Waals surface area contributed by atoms with Crippen molar-refractivity contribution in [3.63, 3.8) is 0 Å². The van der Waals surface area contributed by atoms with E-state index < -0.39 is 5.97 Å². The summed E-state index contributed by atoms with van der Waals surface area (Å²) in [5.41, 5.74) is 5.07. The summed E-state index contributed by atoms with van der Waals surface area (Å²) in [4.78, 5) is 18.1. The SMILES string of the molecule is Cc1oc(-c2ccc(-c3ccccc3)cc2)nc1COc1ccc(CN2CCC[C@@H]2C(=O)O)cc1. The molecule has 3 aromatic carbocycles. The van der Waals surface area contributed by atoms with Crippen LogP contribution in [-0.4, -0.2) is 33.5 Å². The van der Waals surface area contributed by atoms with Gasteiger partial charge in [0.25, 0.3) is 0 Å². The average molecular weight is 469 g/mol. The molecule has 0 bridgehead atoms. The second-order valence-corrected chi connectivity index (χ2v) is 8.86. The van der Waals surface area contributed by atoms with Crippen molar-refractivity contribution < 1.29 is 19.1 Å². The van der Waals surface area contributed by atoms with Crippen molar-refractivity contribution in [2.45, 2.75) is 39.0 Å². The molecule has 1 aliphatic heterocycles. The molecule has 1 aromatic heterocycles. The zero-order valence-corrected chi connectivity index (χ0v) is 19.7. The number of likely N-dealkylation sites (tertiary alicyclic amines) is 1. The van der Waals surface area contributed by atoms with Gasteiger partial charge in [-0.05, 0) is 67.3 Å². The maximum atomic E-state index is 11.4. The maximum Gasteiger partial charge on any atom is 0.320 e. The molecule has 0 spiro atoms. The van der Waals surface area contributed by atoms with E-state index in [1.54, 1.807) is 0 Å². The van der Waals surface area contributed by atoms with Gasteiger partial charge in [0.05, 0.1) is 0 Å². The third kappa shape index (κ3) is 5.28. The van der Waals surface area contributed by atoms with E-state index in [-0.39, 0.29) is 6.04 Å². The van der Waals surface area contributed by atoms with Gasteiger partial charge < -0.3 is 14.3 Å². The summed E-state index contributed by atoms with van der Waals surface area (Å²) in [7, 11) is 0. The molecule has 4 aromatic rings. The van der Waals surface area contributed by atoms with Crippen molar-refractivity contribution in [1.82, 2.24) is 9.88 Å². The Morgan fingerprint density at radius 3 is 2.40 bits per heavy atom. The van der Waals surface area contributed by atoms with Gasteiger partial charge in [-0.2, -0.15) is 0 Å². The summed E-state index contributed by atoms with van der Waals surface area (Å²) in [5, 5.41) is 9.37. The fraction of sp³-hybridized carbons (Fsp3) is 0.241. The fourth-order valence-electron chi connectivity index (χ4n) is 4.49. The predicted molar refractivity (Wildman–Crippen MR) is 134 cm³/mol. The Morgan fingerprint density at radius 1 is 1.00 bits per heavy atom. The van der Waals surface area contributed by atoms with Gasteiger partial charge in [0.15, 0.2) is 0 Å². The lowest BCUT2D eigenvalue weighted by Crippen LogP contribution is -2.35. The summed E-state index contributed by atoms with van der Waals surface area (Å²) in [5.74, 6) is 1.31. The molecule has 1 fully saturated rings. The highest BCUT2D eigenvalue weighted by molar-refractivity contribution is 5.73. The number of aliphatic carboxylic acids is 1. The van der Waals surface area contributed by atoms with Crippen molar-refractivity contribution in [3.8, 4) is 28.3 Å². The Hall–Kier alpha value is -3.90. The molecule has 178 valence electrons. The first-order chi connectivity index (χ1) is 17.1. The molecule has 0 saturated carbocycles. The molecular weight excluding hydrogens is 440 g/mol. The number of carboxylic acid groups (broad SMARTS) is 1. The highest BCUT2D eigenvalue weighted by Gasteiger charge is 2.30. The minimum atomic E-state index is -0.739. The molecule has 0 amide bonds. The highest BCUT2D eigenvalue weighted by atomic mass is 16.5. The Labute approximate surface area is 204 Å². The molecule has 1 atom stereocenters. The lowest BCUT2D eigenvalue weighted by Gasteiger charge is -2.21. The van der Waals surface area contributed by atoms with Crippen molar-refractivity contribution >= 4 is 5.97 Å². The third-order valence-corrected chi connectivity index (χ3v) is 6.46. The number of hydrogen-bond acceptors (Lipinski definition) is 5. The summed E-state index contributed by atoms with van der Waals surface area (Å²) in [6.45, 7) is 3.65. The van der Waals surface area contributed by atoms with Crippen LogP contribution in [-0.2, 0) is 17.9 Å². The monoisotopic (exact) mass is 468 g/mol.